The molecule has 1 aromatic carbocycles. The number of hydrogen-bond acceptors (Lipinski definition) is 2. The summed E-state index contributed by atoms with van der Waals surface area (Å²) in [4.78, 5) is 0. The van der Waals surface area contributed by atoms with E-state index in [1.54, 1.807) is 0 Å². The van der Waals surface area contributed by atoms with Crippen molar-refractivity contribution >= 4 is 5.57 Å². The van der Waals surface area contributed by atoms with Gasteiger partial charge in [0.25, 0.3) is 0 Å². The molecule has 0 aromatic heterocycles. The van der Waals surface area contributed by atoms with Crippen LogP contribution in [0.5, 0.6) is 0 Å². The van der Waals surface area contributed by atoms with Crippen molar-refractivity contribution in [2.75, 3.05) is 13.2 Å². The fourth-order valence-electron chi connectivity index (χ4n) is 1.44. The van der Waals surface area contributed by atoms with Gasteiger partial charge in [0.05, 0.1) is 13.2 Å². The molecule has 2 N–H and O–H groups in total. The van der Waals surface area contributed by atoms with Gasteiger partial charge < -0.3 is 10.5 Å². The van der Waals surface area contributed by atoms with Crippen LogP contribution in [0.15, 0.2) is 30.3 Å². The lowest BCUT2D eigenvalue weighted by Crippen LogP contribution is -1.96. The Bertz CT molecular complexity index is 313. The van der Waals surface area contributed by atoms with Crippen molar-refractivity contribution in [3.63, 3.8) is 0 Å². The molecule has 1 aliphatic heterocycles. The monoisotopic (exact) mass is 175 g/mol. The Morgan fingerprint density at radius 3 is 2.54 bits per heavy atom. The van der Waals surface area contributed by atoms with Crippen molar-refractivity contribution in [3.05, 3.63) is 41.5 Å². The van der Waals surface area contributed by atoms with Crippen LogP contribution in [0.2, 0.25) is 0 Å². The van der Waals surface area contributed by atoms with Gasteiger partial charge >= 0.3 is 0 Å². The van der Waals surface area contributed by atoms with E-state index >= 15 is 0 Å². The molecule has 0 fully saturated rings. The average molecular weight is 175 g/mol. The molecule has 0 unspecified atom stereocenters. The van der Waals surface area contributed by atoms with Gasteiger partial charge in [-0.1, -0.05) is 30.3 Å². The van der Waals surface area contributed by atoms with Crippen molar-refractivity contribution < 1.29 is 4.74 Å². The first-order valence-electron chi connectivity index (χ1n) is 4.46. The molecule has 1 aliphatic rings. The SMILES string of the molecule is NCc1ccc(C2=CCOC2)cc1. The molecular weight excluding hydrogens is 162 g/mol. The molecule has 0 spiro atoms. The molecule has 2 heteroatoms. The van der Waals surface area contributed by atoms with Gasteiger partial charge in [-0.15, -0.1) is 0 Å². The van der Waals surface area contributed by atoms with Gasteiger partial charge in [-0.05, 0) is 16.7 Å². The zero-order valence-corrected chi connectivity index (χ0v) is 7.49. The first-order chi connectivity index (χ1) is 6.40. The summed E-state index contributed by atoms with van der Waals surface area (Å²) < 4.78 is 5.25. The number of hydrogen-bond donors (Lipinski definition) is 1. The predicted molar refractivity (Wildman–Crippen MR) is 53.1 cm³/mol. The lowest BCUT2D eigenvalue weighted by atomic mass is 10.1. The summed E-state index contributed by atoms with van der Waals surface area (Å²) in [7, 11) is 0. The van der Waals surface area contributed by atoms with Crippen LogP contribution in [0.25, 0.3) is 5.57 Å². The van der Waals surface area contributed by atoms with Gasteiger partial charge in [0.2, 0.25) is 0 Å². The summed E-state index contributed by atoms with van der Waals surface area (Å²) in [5, 5.41) is 0. The van der Waals surface area contributed by atoms with E-state index in [-0.39, 0.29) is 0 Å². The van der Waals surface area contributed by atoms with E-state index in [9.17, 15) is 0 Å². The Morgan fingerprint density at radius 1 is 1.23 bits per heavy atom. The van der Waals surface area contributed by atoms with Crippen LogP contribution in [0, 0.1) is 0 Å². The molecular formula is C11H13NO. The van der Waals surface area contributed by atoms with Gasteiger partial charge in [-0.2, -0.15) is 0 Å². The first-order valence-corrected chi connectivity index (χ1v) is 4.46. The summed E-state index contributed by atoms with van der Waals surface area (Å²) in [5.74, 6) is 0. The predicted octanol–water partition coefficient (Wildman–Crippen LogP) is 1.56. The van der Waals surface area contributed by atoms with Crippen LogP contribution in [-0.4, -0.2) is 13.2 Å². The molecule has 68 valence electrons. The Morgan fingerprint density at radius 2 is 2.00 bits per heavy atom. The van der Waals surface area contributed by atoms with E-state index < -0.39 is 0 Å². The summed E-state index contributed by atoms with van der Waals surface area (Å²) in [6.07, 6.45) is 2.12. The normalized spacial score (nSPS) is 15.9. The summed E-state index contributed by atoms with van der Waals surface area (Å²) in [5.41, 5.74) is 9.21. The van der Waals surface area contributed by atoms with Crippen molar-refractivity contribution in [2.24, 2.45) is 5.73 Å². The highest BCUT2D eigenvalue weighted by molar-refractivity contribution is 5.67. The van der Waals surface area contributed by atoms with Gasteiger partial charge in [0.15, 0.2) is 0 Å². The van der Waals surface area contributed by atoms with E-state index in [4.69, 9.17) is 10.5 Å². The summed E-state index contributed by atoms with van der Waals surface area (Å²) in [6, 6.07) is 8.33. The fraction of sp³-hybridized carbons (Fsp3) is 0.273. The highest BCUT2D eigenvalue weighted by atomic mass is 16.5. The third-order valence-electron chi connectivity index (χ3n) is 2.27. The minimum Gasteiger partial charge on any atom is -0.373 e. The van der Waals surface area contributed by atoms with Crippen molar-refractivity contribution in [1.82, 2.24) is 0 Å². The maximum Gasteiger partial charge on any atom is 0.0724 e. The Hall–Kier alpha value is -1.12. The second-order valence-electron chi connectivity index (χ2n) is 3.15. The molecule has 0 saturated carbocycles. The van der Waals surface area contributed by atoms with Gasteiger partial charge in [-0.25, -0.2) is 0 Å². The molecule has 0 saturated heterocycles. The van der Waals surface area contributed by atoms with Crippen LogP contribution in [0.3, 0.4) is 0 Å². The maximum atomic E-state index is 5.51. The van der Waals surface area contributed by atoms with Crippen LogP contribution in [-0.2, 0) is 11.3 Å². The van der Waals surface area contributed by atoms with Gasteiger partial charge in [-0.3, -0.25) is 0 Å². The zero-order chi connectivity index (χ0) is 9.10. The van der Waals surface area contributed by atoms with Crippen LogP contribution < -0.4 is 5.73 Å². The Labute approximate surface area is 78.0 Å². The second-order valence-corrected chi connectivity index (χ2v) is 3.15. The van der Waals surface area contributed by atoms with Crippen molar-refractivity contribution in [1.29, 1.82) is 0 Å². The minimum atomic E-state index is 0.607. The largest absolute Gasteiger partial charge is 0.373 e. The number of rotatable bonds is 2. The van der Waals surface area contributed by atoms with E-state index in [0.29, 0.717) is 6.54 Å². The Balaban J connectivity index is 2.22. The van der Waals surface area contributed by atoms with E-state index in [1.165, 1.54) is 16.7 Å². The first kappa shape index (κ1) is 8.48. The zero-order valence-electron chi connectivity index (χ0n) is 7.49. The third-order valence-corrected chi connectivity index (χ3v) is 2.27. The number of benzene rings is 1. The van der Waals surface area contributed by atoms with Crippen LogP contribution in [0.4, 0.5) is 0 Å². The second kappa shape index (κ2) is 3.73. The summed E-state index contributed by atoms with van der Waals surface area (Å²) in [6.45, 7) is 2.09. The molecule has 0 atom stereocenters. The molecule has 0 amide bonds. The molecule has 0 bridgehead atoms. The molecule has 2 rings (SSSR count). The van der Waals surface area contributed by atoms with E-state index in [0.717, 1.165) is 13.2 Å². The van der Waals surface area contributed by atoms with Crippen molar-refractivity contribution in [2.45, 2.75) is 6.54 Å². The van der Waals surface area contributed by atoms with Crippen molar-refractivity contribution in [3.8, 4) is 0 Å². The number of ether oxygens (including phenoxy) is 1. The molecule has 1 aromatic rings. The summed E-state index contributed by atoms with van der Waals surface area (Å²) >= 11 is 0. The fourth-order valence-corrected chi connectivity index (χ4v) is 1.44. The minimum absolute atomic E-state index is 0.607. The van der Waals surface area contributed by atoms with Gasteiger partial charge in [0.1, 0.15) is 0 Å². The number of nitrogens with two attached hydrogens (primary N) is 1. The topological polar surface area (TPSA) is 35.2 Å². The Kier molecular flexibility index (Phi) is 2.43. The maximum absolute atomic E-state index is 5.51. The molecule has 1 heterocycles. The lowest BCUT2D eigenvalue weighted by Gasteiger charge is -2.02. The van der Waals surface area contributed by atoms with Gasteiger partial charge in [0, 0.05) is 6.54 Å². The molecule has 0 aliphatic carbocycles. The standard InChI is InChI=1S/C11H13NO/c12-7-9-1-3-10(4-2-9)11-5-6-13-8-11/h1-5H,6-8,12H2. The molecule has 2 nitrogen and oxygen atoms in total. The molecule has 0 radical (unpaired) electrons. The van der Waals surface area contributed by atoms with Crippen LogP contribution >= 0.6 is 0 Å². The third kappa shape index (κ3) is 1.79. The average Bonchev–Trinajstić information content (AvgIpc) is 2.71. The van der Waals surface area contributed by atoms with E-state index in [2.05, 4.69) is 30.3 Å². The van der Waals surface area contributed by atoms with E-state index in [1.807, 2.05) is 0 Å². The quantitative estimate of drug-likeness (QED) is 0.740. The van der Waals surface area contributed by atoms with Crippen LogP contribution in [0.1, 0.15) is 11.1 Å². The highest BCUT2D eigenvalue weighted by Crippen LogP contribution is 2.18. The molecule has 13 heavy (non-hydrogen) atoms. The lowest BCUT2D eigenvalue weighted by molar-refractivity contribution is 0.216. The highest BCUT2D eigenvalue weighted by Gasteiger charge is 2.06. The smallest absolute Gasteiger partial charge is 0.0724 e.